The van der Waals surface area contributed by atoms with E-state index in [1.54, 1.807) is 0 Å². The van der Waals surface area contributed by atoms with Gasteiger partial charge in [-0.05, 0) is 37.9 Å². The minimum absolute atomic E-state index is 0.0591. The van der Waals surface area contributed by atoms with E-state index in [0.29, 0.717) is 0 Å². The molecular formula is C7H3Br2F3O. The van der Waals surface area contributed by atoms with Gasteiger partial charge in [-0.1, -0.05) is 0 Å². The van der Waals surface area contributed by atoms with Gasteiger partial charge in [0.1, 0.15) is 0 Å². The van der Waals surface area contributed by atoms with Crippen LogP contribution in [0.15, 0.2) is 15.0 Å². The monoisotopic (exact) mass is 318 g/mol. The van der Waals surface area contributed by atoms with Gasteiger partial charge < -0.3 is 4.74 Å². The summed E-state index contributed by atoms with van der Waals surface area (Å²) < 4.78 is 41.9. The highest BCUT2D eigenvalue weighted by Crippen LogP contribution is 2.33. The average Bonchev–Trinajstić information content (AvgIpc) is 2.11. The molecule has 0 spiro atoms. The number of hydrogen-bond donors (Lipinski definition) is 0. The highest BCUT2D eigenvalue weighted by molar-refractivity contribution is 9.13. The Hall–Kier alpha value is -0.230. The molecule has 1 aromatic rings. The van der Waals surface area contributed by atoms with Crippen molar-refractivity contribution in [3.8, 4) is 5.75 Å². The van der Waals surface area contributed by atoms with Crippen molar-refractivity contribution in [3.05, 3.63) is 26.6 Å². The van der Waals surface area contributed by atoms with E-state index in [1.165, 1.54) is 0 Å². The summed E-state index contributed by atoms with van der Waals surface area (Å²) >= 11 is 5.75. The van der Waals surface area contributed by atoms with E-state index in [1.807, 2.05) is 0 Å². The normalized spacial score (nSPS) is 10.2. The molecule has 6 heteroatoms. The Bertz CT molecular complexity index is 330. The number of hydrogen-bond acceptors (Lipinski definition) is 1. The molecule has 0 saturated carbocycles. The van der Waals surface area contributed by atoms with Gasteiger partial charge in [0.2, 0.25) is 12.7 Å². The van der Waals surface area contributed by atoms with Crippen LogP contribution < -0.4 is 4.74 Å². The Balaban J connectivity index is 3.24. The molecule has 72 valence electrons. The molecule has 1 aromatic carbocycles. The van der Waals surface area contributed by atoms with Crippen molar-refractivity contribution in [2.45, 2.75) is 0 Å². The van der Waals surface area contributed by atoms with Gasteiger partial charge in [0, 0.05) is 4.47 Å². The molecule has 0 bridgehead atoms. The lowest BCUT2D eigenvalue weighted by Gasteiger charge is -2.06. The predicted molar refractivity (Wildman–Crippen MR) is 48.4 cm³/mol. The van der Waals surface area contributed by atoms with E-state index in [-0.39, 0.29) is 8.95 Å². The summed E-state index contributed by atoms with van der Waals surface area (Å²) in [6.07, 6.45) is 0. The number of rotatable bonds is 2. The molecule has 0 aliphatic heterocycles. The van der Waals surface area contributed by atoms with Gasteiger partial charge in [0.15, 0.2) is 11.6 Å². The molecule has 0 atom stereocenters. The highest BCUT2D eigenvalue weighted by Gasteiger charge is 2.16. The smallest absolute Gasteiger partial charge is 0.228 e. The number of alkyl halides is 1. The van der Waals surface area contributed by atoms with Crippen molar-refractivity contribution >= 4 is 31.9 Å². The molecule has 0 saturated heterocycles. The zero-order chi connectivity index (χ0) is 10.0. The fourth-order valence-corrected chi connectivity index (χ4v) is 1.39. The first-order valence-electron chi connectivity index (χ1n) is 3.09. The van der Waals surface area contributed by atoms with Crippen LogP contribution in [-0.2, 0) is 0 Å². The minimum Gasteiger partial charge on any atom is -0.460 e. The van der Waals surface area contributed by atoms with Crippen molar-refractivity contribution in [3.63, 3.8) is 0 Å². The fraction of sp³-hybridized carbons (Fsp3) is 0.143. The van der Waals surface area contributed by atoms with E-state index in [9.17, 15) is 13.2 Å². The third-order valence-corrected chi connectivity index (χ3v) is 3.21. The number of benzene rings is 1. The maximum Gasteiger partial charge on any atom is 0.228 e. The van der Waals surface area contributed by atoms with Gasteiger partial charge >= 0.3 is 0 Å². The number of ether oxygens (including phenoxy) is 1. The van der Waals surface area contributed by atoms with Crippen LogP contribution in [0.5, 0.6) is 5.75 Å². The lowest BCUT2D eigenvalue weighted by atomic mass is 10.3. The third-order valence-electron chi connectivity index (χ3n) is 1.28. The molecule has 0 aliphatic carbocycles. The summed E-state index contributed by atoms with van der Waals surface area (Å²) in [6.45, 7) is -1.20. The largest absolute Gasteiger partial charge is 0.460 e. The Kier molecular flexibility index (Phi) is 3.61. The van der Waals surface area contributed by atoms with Crippen LogP contribution in [0.2, 0.25) is 0 Å². The van der Waals surface area contributed by atoms with Crippen LogP contribution in [-0.4, -0.2) is 6.86 Å². The van der Waals surface area contributed by atoms with Gasteiger partial charge in [0.25, 0.3) is 0 Å². The molecule has 0 unspecified atom stereocenters. The van der Waals surface area contributed by atoms with Gasteiger partial charge in [-0.2, -0.15) is 4.39 Å². The second kappa shape index (κ2) is 4.32. The van der Waals surface area contributed by atoms with Gasteiger partial charge in [-0.25, -0.2) is 8.78 Å². The van der Waals surface area contributed by atoms with Crippen LogP contribution >= 0.6 is 31.9 Å². The minimum atomic E-state index is -1.22. The summed E-state index contributed by atoms with van der Waals surface area (Å²) in [5.41, 5.74) is 0. The Labute approximate surface area is 89.1 Å². The van der Waals surface area contributed by atoms with Crippen molar-refractivity contribution in [1.82, 2.24) is 0 Å². The standard InChI is InChI=1S/C7H3Br2F3O/c8-3-1-4(13-2-10)6(11)7(12)5(3)9/h1H,2H2. The second-order valence-corrected chi connectivity index (χ2v) is 3.70. The SMILES string of the molecule is FCOc1cc(Br)c(Br)c(F)c1F. The van der Waals surface area contributed by atoms with Crippen LogP contribution in [0.1, 0.15) is 0 Å². The molecule has 0 N–H and O–H groups in total. The van der Waals surface area contributed by atoms with E-state index < -0.39 is 24.2 Å². The third kappa shape index (κ3) is 2.17. The van der Waals surface area contributed by atoms with Gasteiger partial charge in [-0.3, -0.25) is 0 Å². The second-order valence-electron chi connectivity index (χ2n) is 2.05. The van der Waals surface area contributed by atoms with Crippen LogP contribution in [0.3, 0.4) is 0 Å². The maximum atomic E-state index is 12.9. The molecular weight excluding hydrogens is 317 g/mol. The maximum absolute atomic E-state index is 12.9. The average molecular weight is 320 g/mol. The highest BCUT2D eigenvalue weighted by atomic mass is 79.9. The summed E-state index contributed by atoms with van der Waals surface area (Å²) in [7, 11) is 0. The summed E-state index contributed by atoms with van der Waals surface area (Å²) in [5.74, 6) is -2.79. The van der Waals surface area contributed by atoms with Crippen LogP contribution in [0, 0.1) is 11.6 Å². The summed E-state index contributed by atoms with van der Waals surface area (Å²) in [5, 5.41) is 0. The first-order chi connectivity index (χ1) is 6.07. The Morgan fingerprint density at radius 1 is 1.23 bits per heavy atom. The summed E-state index contributed by atoms with van der Waals surface area (Å²) in [4.78, 5) is 0. The van der Waals surface area contributed by atoms with E-state index >= 15 is 0 Å². The molecule has 0 aromatic heterocycles. The predicted octanol–water partition coefficient (Wildman–Crippen LogP) is 3.80. The molecule has 1 nitrogen and oxygen atoms in total. The van der Waals surface area contributed by atoms with E-state index in [4.69, 9.17) is 0 Å². The zero-order valence-corrected chi connectivity index (χ0v) is 9.25. The number of halogens is 5. The van der Waals surface area contributed by atoms with E-state index in [2.05, 4.69) is 36.6 Å². The lowest BCUT2D eigenvalue weighted by Crippen LogP contribution is -1.97. The first kappa shape index (κ1) is 10.8. The fourth-order valence-electron chi connectivity index (χ4n) is 0.715. The lowest BCUT2D eigenvalue weighted by molar-refractivity contribution is 0.182. The quantitative estimate of drug-likeness (QED) is 0.595. The first-order valence-corrected chi connectivity index (χ1v) is 4.68. The van der Waals surface area contributed by atoms with E-state index in [0.717, 1.165) is 6.07 Å². The van der Waals surface area contributed by atoms with Crippen LogP contribution in [0.25, 0.3) is 0 Å². The van der Waals surface area contributed by atoms with Crippen molar-refractivity contribution in [1.29, 1.82) is 0 Å². The molecule has 0 aliphatic rings. The van der Waals surface area contributed by atoms with Gasteiger partial charge in [0.05, 0.1) is 4.47 Å². The van der Waals surface area contributed by atoms with Crippen molar-refractivity contribution in [2.24, 2.45) is 0 Å². The molecule has 13 heavy (non-hydrogen) atoms. The topological polar surface area (TPSA) is 9.23 Å². The summed E-state index contributed by atoms with van der Waals surface area (Å²) in [6, 6.07) is 1.14. The molecule has 1 rings (SSSR count). The Morgan fingerprint density at radius 3 is 2.38 bits per heavy atom. The zero-order valence-electron chi connectivity index (χ0n) is 6.08. The Morgan fingerprint density at radius 2 is 1.85 bits per heavy atom. The molecule has 0 radical (unpaired) electrons. The molecule has 0 amide bonds. The van der Waals surface area contributed by atoms with Crippen molar-refractivity contribution < 1.29 is 17.9 Å². The molecule has 0 fully saturated rings. The van der Waals surface area contributed by atoms with Gasteiger partial charge in [-0.15, -0.1) is 0 Å². The van der Waals surface area contributed by atoms with Crippen molar-refractivity contribution in [2.75, 3.05) is 6.86 Å². The molecule has 0 heterocycles. The van der Waals surface area contributed by atoms with Crippen LogP contribution in [0.4, 0.5) is 13.2 Å².